The van der Waals surface area contributed by atoms with E-state index in [1.807, 2.05) is 25.4 Å². The van der Waals surface area contributed by atoms with E-state index in [0.717, 1.165) is 29.9 Å². The maximum atomic E-state index is 5.80. The Morgan fingerprint density at radius 2 is 2.11 bits per heavy atom. The summed E-state index contributed by atoms with van der Waals surface area (Å²) in [6, 6.07) is 3.87. The number of rotatable bonds is 2. The van der Waals surface area contributed by atoms with Gasteiger partial charge in [0.1, 0.15) is 17.1 Å². The molecule has 0 atom stereocenters. The van der Waals surface area contributed by atoms with E-state index in [1.54, 1.807) is 0 Å². The number of hydrogen-bond donors (Lipinski definition) is 1. The second kappa shape index (κ2) is 4.74. The van der Waals surface area contributed by atoms with Crippen LogP contribution in [0.2, 0.25) is 0 Å². The van der Waals surface area contributed by atoms with E-state index in [4.69, 9.17) is 18.0 Å². The maximum absolute atomic E-state index is 5.80. The van der Waals surface area contributed by atoms with Crippen molar-refractivity contribution in [2.75, 3.05) is 0 Å². The zero-order chi connectivity index (χ0) is 13.4. The van der Waals surface area contributed by atoms with Gasteiger partial charge in [0.25, 0.3) is 0 Å². The Hall–Kier alpha value is -1.75. The molecular weight excluding hydrogens is 256 g/mol. The van der Waals surface area contributed by atoms with Crippen molar-refractivity contribution in [3.8, 4) is 5.82 Å². The molecule has 0 fully saturated rings. The van der Waals surface area contributed by atoms with Gasteiger partial charge in [-0.25, -0.2) is 9.97 Å². The molecule has 2 heterocycles. The van der Waals surface area contributed by atoms with Gasteiger partial charge in [0.15, 0.2) is 0 Å². The summed E-state index contributed by atoms with van der Waals surface area (Å²) in [6.45, 7) is 1.97. The van der Waals surface area contributed by atoms with Crippen LogP contribution in [-0.4, -0.2) is 19.5 Å². The van der Waals surface area contributed by atoms with Gasteiger partial charge in [0.2, 0.25) is 0 Å². The minimum absolute atomic E-state index is 0.376. The molecule has 19 heavy (non-hydrogen) atoms. The number of pyridine rings is 1. The van der Waals surface area contributed by atoms with Crippen LogP contribution in [0.15, 0.2) is 18.5 Å². The van der Waals surface area contributed by atoms with Crippen molar-refractivity contribution in [2.24, 2.45) is 5.73 Å². The van der Waals surface area contributed by atoms with E-state index in [0.29, 0.717) is 4.99 Å². The average molecular weight is 272 g/mol. The first kappa shape index (κ1) is 12.3. The van der Waals surface area contributed by atoms with E-state index in [9.17, 15) is 0 Å². The maximum Gasteiger partial charge on any atom is 0.148 e. The van der Waals surface area contributed by atoms with Gasteiger partial charge in [-0.2, -0.15) is 0 Å². The summed E-state index contributed by atoms with van der Waals surface area (Å²) in [5.74, 6) is 0.808. The molecular formula is C14H16N4S. The Labute approximate surface area is 117 Å². The van der Waals surface area contributed by atoms with Crippen LogP contribution in [0.1, 0.15) is 35.5 Å². The highest BCUT2D eigenvalue weighted by Gasteiger charge is 2.19. The standard InChI is InChI=1S/C14H16N4S/c1-9-6-7-10(13(15)19)14(17-9)18-8-16-11-4-2-3-5-12(11)18/h6-8H,2-5H2,1H3,(H2,15,19). The van der Waals surface area contributed by atoms with Gasteiger partial charge < -0.3 is 5.73 Å². The van der Waals surface area contributed by atoms with Crippen molar-refractivity contribution in [3.63, 3.8) is 0 Å². The highest BCUT2D eigenvalue weighted by atomic mass is 32.1. The third-order valence-electron chi connectivity index (χ3n) is 3.54. The predicted octanol–water partition coefficient (Wildman–Crippen LogP) is 2.09. The highest BCUT2D eigenvalue weighted by molar-refractivity contribution is 7.80. The molecule has 2 N–H and O–H groups in total. The zero-order valence-corrected chi connectivity index (χ0v) is 11.7. The molecule has 0 aliphatic heterocycles. The van der Waals surface area contributed by atoms with Gasteiger partial charge in [-0.05, 0) is 44.7 Å². The summed E-state index contributed by atoms with van der Waals surface area (Å²) in [6.07, 6.45) is 6.36. The van der Waals surface area contributed by atoms with Crippen LogP contribution in [0.5, 0.6) is 0 Å². The summed E-state index contributed by atoms with van der Waals surface area (Å²) in [7, 11) is 0. The molecule has 1 aliphatic carbocycles. The fourth-order valence-electron chi connectivity index (χ4n) is 2.57. The smallest absolute Gasteiger partial charge is 0.148 e. The van der Waals surface area contributed by atoms with Crippen LogP contribution >= 0.6 is 12.2 Å². The molecule has 3 rings (SSSR count). The Balaban J connectivity index is 2.19. The van der Waals surface area contributed by atoms with E-state index >= 15 is 0 Å². The van der Waals surface area contributed by atoms with Gasteiger partial charge >= 0.3 is 0 Å². The van der Waals surface area contributed by atoms with Crippen LogP contribution in [-0.2, 0) is 12.8 Å². The van der Waals surface area contributed by atoms with Gasteiger partial charge in [-0.1, -0.05) is 12.2 Å². The van der Waals surface area contributed by atoms with Crippen LogP contribution in [0.4, 0.5) is 0 Å². The zero-order valence-electron chi connectivity index (χ0n) is 10.9. The molecule has 0 saturated carbocycles. The van der Waals surface area contributed by atoms with Gasteiger partial charge in [-0.15, -0.1) is 0 Å². The number of thiocarbonyl (C=S) groups is 1. The second-order valence-corrected chi connectivity index (χ2v) is 5.34. The van der Waals surface area contributed by atoms with Crippen molar-refractivity contribution < 1.29 is 0 Å². The lowest BCUT2D eigenvalue weighted by Crippen LogP contribution is -2.16. The SMILES string of the molecule is Cc1ccc(C(N)=S)c(-n2cnc3c2CCCC3)n1. The topological polar surface area (TPSA) is 56.7 Å². The molecule has 0 saturated heterocycles. The van der Waals surface area contributed by atoms with E-state index in [-0.39, 0.29) is 0 Å². The monoisotopic (exact) mass is 272 g/mol. The molecule has 0 aromatic carbocycles. The Kier molecular flexibility index (Phi) is 3.06. The summed E-state index contributed by atoms with van der Waals surface area (Å²) in [5, 5.41) is 0. The first-order valence-electron chi connectivity index (χ1n) is 6.50. The number of fused-ring (bicyclic) bond motifs is 1. The largest absolute Gasteiger partial charge is 0.389 e. The summed E-state index contributed by atoms with van der Waals surface area (Å²) in [5.41, 5.74) is 10.0. The fraction of sp³-hybridized carbons (Fsp3) is 0.357. The van der Waals surface area contributed by atoms with Crippen LogP contribution in [0, 0.1) is 6.92 Å². The fourth-order valence-corrected chi connectivity index (χ4v) is 2.73. The number of imidazole rings is 1. The molecule has 4 nitrogen and oxygen atoms in total. The third-order valence-corrected chi connectivity index (χ3v) is 3.76. The van der Waals surface area contributed by atoms with Crippen LogP contribution < -0.4 is 5.73 Å². The minimum atomic E-state index is 0.376. The van der Waals surface area contributed by atoms with E-state index < -0.39 is 0 Å². The van der Waals surface area contributed by atoms with E-state index in [2.05, 4.69) is 14.5 Å². The molecule has 0 spiro atoms. The molecule has 0 radical (unpaired) electrons. The number of hydrogen-bond acceptors (Lipinski definition) is 3. The quantitative estimate of drug-likeness (QED) is 0.851. The highest BCUT2D eigenvalue weighted by Crippen LogP contribution is 2.24. The summed E-state index contributed by atoms with van der Waals surface area (Å²) >= 11 is 5.13. The van der Waals surface area contributed by atoms with Crippen molar-refractivity contribution in [1.29, 1.82) is 0 Å². The molecule has 0 unspecified atom stereocenters. The molecule has 2 aromatic heterocycles. The lowest BCUT2D eigenvalue weighted by Gasteiger charge is -2.15. The number of aromatic nitrogens is 3. The first-order chi connectivity index (χ1) is 9.16. The third kappa shape index (κ3) is 2.14. The van der Waals surface area contributed by atoms with Gasteiger partial charge in [0.05, 0.1) is 11.3 Å². The number of nitrogens with two attached hydrogens (primary N) is 1. The first-order valence-corrected chi connectivity index (χ1v) is 6.90. The minimum Gasteiger partial charge on any atom is -0.389 e. The van der Waals surface area contributed by atoms with Crippen molar-refractivity contribution >= 4 is 17.2 Å². The predicted molar refractivity (Wildman–Crippen MR) is 78.6 cm³/mol. The van der Waals surface area contributed by atoms with Gasteiger partial charge in [-0.3, -0.25) is 4.57 Å². The van der Waals surface area contributed by atoms with Crippen LogP contribution in [0.25, 0.3) is 5.82 Å². The van der Waals surface area contributed by atoms with Crippen molar-refractivity contribution in [2.45, 2.75) is 32.6 Å². The normalized spacial score (nSPS) is 14.2. The molecule has 2 aromatic rings. The Morgan fingerprint density at radius 1 is 1.32 bits per heavy atom. The molecule has 5 heteroatoms. The lowest BCUT2D eigenvalue weighted by atomic mass is 10.0. The van der Waals surface area contributed by atoms with Crippen molar-refractivity contribution in [3.05, 3.63) is 41.1 Å². The summed E-state index contributed by atoms with van der Waals surface area (Å²) < 4.78 is 2.05. The lowest BCUT2D eigenvalue weighted by molar-refractivity contribution is 0.654. The second-order valence-electron chi connectivity index (χ2n) is 4.90. The summed E-state index contributed by atoms with van der Waals surface area (Å²) in [4.78, 5) is 9.48. The van der Waals surface area contributed by atoms with Gasteiger partial charge in [0, 0.05) is 11.4 Å². The molecule has 0 bridgehead atoms. The van der Waals surface area contributed by atoms with E-state index in [1.165, 1.54) is 24.2 Å². The Bertz CT molecular complexity index is 645. The number of aryl methyl sites for hydroxylation is 2. The average Bonchev–Trinajstić information content (AvgIpc) is 2.82. The number of nitrogens with zero attached hydrogens (tertiary/aromatic N) is 3. The van der Waals surface area contributed by atoms with Crippen LogP contribution in [0.3, 0.4) is 0 Å². The Morgan fingerprint density at radius 3 is 2.89 bits per heavy atom. The van der Waals surface area contributed by atoms with Crippen molar-refractivity contribution in [1.82, 2.24) is 14.5 Å². The molecule has 98 valence electrons. The molecule has 0 amide bonds. The molecule has 1 aliphatic rings.